The molecule has 0 fully saturated rings. The highest BCUT2D eigenvalue weighted by Crippen LogP contribution is 2.36. The van der Waals surface area contributed by atoms with Crippen LogP contribution in [0.1, 0.15) is 32.8 Å². The van der Waals surface area contributed by atoms with Crippen LogP contribution in [0.5, 0.6) is 0 Å². The third-order valence-corrected chi connectivity index (χ3v) is 3.38. The fraction of sp³-hybridized carbons (Fsp3) is 0.455. The molecule has 0 aliphatic heterocycles. The highest BCUT2D eigenvalue weighted by molar-refractivity contribution is 6.42. The smallest absolute Gasteiger partial charge is 0.0629 e. The molecule has 0 aliphatic rings. The van der Waals surface area contributed by atoms with Crippen molar-refractivity contribution in [1.82, 2.24) is 0 Å². The Morgan fingerprint density at radius 2 is 1.85 bits per heavy atom. The molecule has 0 nitrogen and oxygen atoms in total. The van der Waals surface area contributed by atoms with E-state index in [2.05, 4.69) is 20.8 Å². The summed E-state index contributed by atoms with van der Waals surface area (Å²) in [5.74, 6) is 0. The van der Waals surface area contributed by atoms with Crippen LogP contribution in [0.4, 0.5) is 0 Å². The first-order valence-corrected chi connectivity index (χ1v) is 5.19. The number of halogens is 2. The van der Waals surface area contributed by atoms with Crippen molar-refractivity contribution < 1.29 is 0 Å². The molecule has 13 heavy (non-hydrogen) atoms. The number of benzene rings is 1. The molecule has 0 saturated heterocycles. The van der Waals surface area contributed by atoms with E-state index in [1.165, 1.54) is 0 Å². The Hall–Kier alpha value is -0.200. The standard InChI is InChI=1S/C11H14Cl2/c1-4-11(2,3)8-6-5-7-9(12)10(8)13/h5-7H,4H2,1-3H3. The van der Waals surface area contributed by atoms with Crippen molar-refractivity contribution in [3.05, 3.63) is 33.8 Å². The normalized spacial score (nSPS) is 11.8. The van der Waals surface area contributed by atoms with Gasteiger partial charge in [0.1, 0.15) is 0 Å². The van der Waals surface area contributed by atoms with Crippen molar-refractivity contribution >= 4 is 23.2 Å². The second-order valence-corrected chi connectivity index (χ2v) is 4.62. The topological polar surface area (TPSA) is 0 Å². The molecule has 0 bridgehead atoms. The minimum absolute atomic E-state index is 0.0992. The van der Waals surface area contributed by atoms with E-state index in [1.54, 1.807) is 0 Å². The van der Waals surface area contributed by atoms with Gasteiger partial charge < -0.3 is 0 Å². The monoisotopic (exact) mass is 216 g/mol. The SMILES string of the molecule is CCC(C)(C)c1cccc(Cl)c1Cl. The summed E-state index contributed by atoms with van der Waals surface area (Å²) >= 11 is 12.1. The first-order chi connectivity index (χ1) is 5.99. The minimum atomic E-state index is 0.0992. The van der Waals surface area contributed by atoms with Gasteiger partial charge in [-0.15, -0.1) is 0 Å². The lowest BCUT2D eigenvalue weighted by Gasteiger charge is -2.24. The summed E-state index contributed by atoms with van der Waals surface area (Å²) in [4.78, 5) is 0. The van der Waals surface area contributed by atoms with Gasteiger partial charge in [0.05, 0.1) is 10.0 Å². The molecule has 0 heterocycles. The average Bonchev–Trinajstić information content (AvgIpc) is 2.09. The minimum Gasteiger partial charge on any atom is -0.0827 e. The first kappa shape index (κ1) is 10.9. The molecule has 0 spiro atoms. The Morgan fingerprint density at radius 1 is 1.23 bits per heavy atom. The van der Waals surface area contributed by atoms with Crippen molar-refractivity contribution in [2.45, 2.75) is 32.6 Å². The Balaban J connectivity index is 3.22. The molecule has 1 rings (SSSR count). The van der Waals surface area contributed by atoms with E-state index in [4.69, 9.17) is 23.2 Å². The summed E-state index contributed by atoms with van der Waals surface area (Å²) < 4.78 is 0. The van der Waals surface area contributed by atoms with Crippen LogP contribution in [-0.4, -0.2) is 0 Å². The fourth-order valence-corrected chi connectivity index (χ4v) is 1.77. The molecule has 0 atom stereocenters. The van der Waals surface area contributed by atoms with Crippen LogP contribution in [0.15, 0.2) is 18.2 Å². The maximum absolute atomic E-state index is 6.12. The Bertz CT molecular complexity index is 303. The maximum Gasteiger partial charge on any atom is 0.0629 e. The summed E-state index contributed by atoms with van der Waals surface area (Å²) in [7, 11) is 0. The lowest BCUT2D eigenvalue weighted by atomic mass is 9.82. The van der Waals surface area contributed by atoms with Gasteiger partial charge in [0, 0.05) is 0 Å². The lowest BCUT2D eigenvalue weighted by Crippen LogP contribution is -2.15. The summed E-state index contributed by atoms with van der Waals surface area (Å²) in [5, 5.41) is 1.33. The van der Waals surface area contributed by atoms with Gasteiger partial charge >= 0.3 is 0 Å². The second-order valence-electron chi connectivity index (χ2n) is 3.84. The van der Waals surface area contributed by atoms with Crippen LogP contribution < -0.4 is 0 Å². The van der Waals surface area contributed by atoms with Crippen LogP contribution >= 0.6 is 23.2 Å². The largest absolute Gasteiger partial charge is 0.0827 e. The predicted molar refractivity (Wildman–Crippen MR) is 59.8 cm³/mol. The van der Waals surface area contributed by atoms with E-state index < -0.39 is 0 Å². The van der Waals surface area contributed by atoms with Gasteiger partial charge in [0.15, 0.2) is 0 Å². The molecule has 0 aromatic heterocycles. The van der Waals surface area contributed by atoms with Crippen molar-refractivity contribution in [2.24, 2.45) is 0 Å². The van der Waals surface area contributed by atoms with Crippen LogP contribution in [0.2, 0.25) is 10.0 Å². The molecule has 1 aromatic carbocycles. The van der Waals surface area contributed by atoms with Crippen LogP contribution in [0, 0.1) is 0 Å². The van der Waals surface area contributed by atoms with Crippen LogP contribution in [0.25, 0.3) is 0 Å². The van der Waals surface area contributed by atoms with Gasteiger partial charge in [-0.3, -0.25) is 0 Å². The average molecular weight is 217 g/mol. The summed E-state index contributed by atoms with van der Waals surface area (Å²) in [6.07, 6.45) is 1.05. The van der Waals surface area contributed by atoms with Crippen molar-refractivity contribution in [3.63, 3.8) is 0 Å². The summed E-state index contributed by atoms with van der Waals surface area (Å²) in [6.45, 7) is 6.49. The zero-order chi connectivity index (χ0) is 10.1. The highest BCUT2D eigenvalue weighted by atomic mass is 35.5. The van der Waals surface area contributed by atoms with Gasteiger partial charge in [-0.25, -0.2) is 0 Å². The van der Waals surface area contributed by atoms with Crippen molar-refractivity contribution in [3.8, 4) is 0 Å². The van der Waals surface area contributed by atoms with E-state index in [1.807, 2.05) is 18.2 Å². The molecule has 0 unspecified atom stereocenters. The quantitative estimate of drug-likeness (QED) is 0.674. The molecular formula is C11H14Cl2. The molecule has 0 amide bonds. The van der Waals surface area contributed by atoms with E-state index in [0.717, 1.165) is 12.0 Å². The highest BCUT2D eigenvalue weighted by Gasteiger charge is 2.21. The van der Waals surface area contributed by atoms with Crippen molar-refractivity contribution in [2.75, 3.05) is 0 Å². The Kier molecular flexibility index (Phi) is 3.26. The molecule has 0 saturated carbocycles. The van der Waals surface area contributed by atoms with Gasteiger partial charge in [-0.05, 0) is 23.5 Å². The van der Waals surface area contributed by atoms with Gasteiger partial charge in [-0.1, -0.05) is 56.1 Å². The van der Waals surface area contributed by atoms with E-state index in [-0.39, 0.29) is 5.41 Å². The second kappa shape index (κ2) is 3.89. The van der Waals surface area contributed by atoms with Crippen LogP contribution in [0.3, 0.4) is 0 Å². The molecule has 0 aliphatic carbocycles. The van der Waals surface area contributed by atoms with Gasteiger partial charge in [0.25, 0.3) is 0 Å². The molecule has 0 radical (unpaired) electrons. The third-order valence-electron chi connectivity index (χ3n) is 2.56. The number of hydrogen-bond acceptors (Lipinski definition) is 0. The van der Waals surface area contributed by atoms with Crippen molar-refractivity contribution in [1.29, 1.82) is 0 Å². The summed E-state index contributed by atoms with van der Waals surface area (Å²) in [6, 6.07) is 5.80. The third kappa shape index (κ3) is 2.18. The molecule has 1 aromatic rings. The van der Waals surface area contributed by atoms with E-state index in [0.29, 0.717) is 10.0 Å². The first-order valence-electron chi connectivity index (χ1n) is 4.43. The van der Waals surface area contributed by atoms with Gasteiger partial charge in [0.2, 0.25) is 0 Å². The Labute approximate surface area is 89.9 Å². The zero-order valence-corrected chi connectivity index (χ0v) is 9.71. The molecule has 2 heteroatoms. The van der Waals surface area contributed by atoms with E-state index in [9.17, 15) is 0 Å². The van der Waals surface area contributed by atoms with E-state index >= 15 is 0 Å². The number of rotatable bonds is 2. The maximum atomic E-state index is 6.12. The molecule has 0 N–H and O–H groups in total. The summed E-state index contributed by atoms with van der Waals surface area (Å²) in [5.41, 5.74) is 1.23. The van der Waals surface area contributed by atoms with Crippen LogP contribution in [-0.2, 0) is 5.41 Å². The predicted octanol–water partition coefficient (Wildman–Crippen LogP) is 4.68. The molecular weight excluding hydrogens is 203 g/mol. The zero-order valence-electron chi connectivity index (χ0n) is 8.20. The van der Waals surface area contributed by atoms with Gasteiger partial charge in [-0.2, -0.15) is 0 Å². The fourth-order valence-electron chi connectivity index (χ4n) is 1.22. The Morgan fingerprint density at radius 3 is 2.38 bits per heavy atom. The lowest BCUT2D eigenvalue weighted by molar-refractivity contribution is 0.506. The molecule has 72 valence electrons. The number of hydrogen-bond donors (Lipinski definition) is 0.